The largest absolute Gasteiger partial charge is 0.465 e. The van der Waals surface area contributed by atoms with Gasteiger partial charge < -0.3 is 14.6 Å². The van der Waals surface area contributed by atoms with Gasteiger partial charge in [-0.05, 0) is 71.9 Å². The van der Waals surface area contributed by atoms with Crippen LogP contribution in [0.25, 0.3) is 11.0 Å². The van der Waals surface area contributed by atoms with Gasteiger partial charge in [0.1, 0.15) is 0 Å². The molecular formula is C28H37N3O2. The Balaban J connectivity index is 1.78. The van der Waals surface area contributed by atoms with Crippen molar-refractivity contribution in [3.8, 4) is 0 Å². The smallest absolute Gasteiger partial charge is 0.337 e. The lowest BCUT2D eigenvalue weighted by atomic mass is 9.70. The molecule has 1 saturated carbocycles. The number of anilines is 2. The van der Waals surface area contributed by atoms with Gasteiger partial charge in [-0.3, -0.25) is 0 Å². The van der Waals surface area contributed by atoms with Gasteiger partial charge in [0.2, 0.25) is 5.95 Å². The van der Waals surface area contributed by atoms with Crippen LogP contribution in [0.5, 0.6) is 0 Å². The summed E-state index contributed by atoms with van der Waals surface area (Å²) in [4.78, 5) is 17.1. The highest BCUT2D eigenvalue weighted by molar-refractivity contribution is 5.94. The molecule has 1 aliphatic rings. The van der Waals surface area contributed by atoms with Gasteiger partial charge in [0.25, 0.3) is 0 Å². The number of rotatable bonds is 4. The molecule has 2 aromatic carbocycles. The van der Waals surface area contributed by atoms with Crippen LogP contribution in [0, 0.1) is 11.3 Å². The monoisotopic (exact) mass is 447 g/mol. The number of fused-ring (bicyclic) bond motifs is 1. The fourth-order valence-electron chi connectivity index (χ4n) is 5.48. The number of carbonyl (C=O) groups excluding carboxylic acids is 1. The summed E-state index contributed by atoms with van der Waals surface area (Å²) >= 11 is 0. The minimum atomic E-state index is -0.342. The number of esters is 1. The normalized spacial score (nSPS) is 20.6. The molecule has 33 heavy (non-hydrogen) atoms. The van der Waals surface area contributed by atoms with E-state index in [0.717, 1.165) is 35.5 Å². The molecule has 0 amide bonds. The predicted octanol–water partition coefficient (Wildman–Crippen LogP) is 7.25. The Morgan fingerprint density at radius 2 is 1.82 bits per heavy atom. The lowest BCUT2D eigenvalue weighted by Gasteiger charge is -2.40. The van der Waals surface area contributed by atoms with Crippen molar-refractivity contribution < 1.29 is 9.53 Å². The van der Waals surface area contributed by atoms with Crippen molar-refractivity contribution in [2.45, 2.75) is 72.3 Å². The van der Waals surface area contributed by atoms with Crippen LogP contribution >= 0.6 is 0 Å². The molecule has 0 bridgehead atoms. The maximum absolute atomic E-state index is 12.1. The number of carbonyl (C=O) groups is 1. The summed E-state index contributed by atoms with van der Waals surface area (Å²) in [7, 11) is 1.41. The molecule has 176 valence electrons. The van der Waals surface area contributed by atoms with E-state index >= 15 is 0 Å². The Labute approximate surface area is 197 Å². The molecule has 0 aliphatic heterocycles. The van der Waals surface area contributed by atoms with Crippen LogP contribution in [0.15, 0.2) is 42.5 Å². The molecule has 0 unspecified atom stereocenters. The van der Waals surface area contributed by atoms with E-state index in [-0.39, 0.29) is 16.8 Å². The number of methoxy groups -OCH3 is 1. The van der Waals surface area contributed by atoms with E-state index in [4.69, 9.17) is 9.72 Å². The third kappa shape index (κ3) is 4.92. The molecule has 1 heterocycles. The van der Waals surface area contributed by atoms with Crippen LogP contribution in [0.4, 0.5) is 11.6 Å². The summed E-state index contributed by atoms with van der Waals surface area (Å²) in [6.45, 7) is 13.7. The number of hydrogen-bond donors (Lipinski definition) is 1. The second kappa shape index (κ2) is 8.51. The molecular weight excluding hydrogens is 410 g/mol. The Bertz CT molecular complexity index is 1150. The zero-order chi connectivity index (χ0) is 24.0. The van der Waals surface area contributed by atoms with Gasteiger partial charge in [-0.15, -0.1) is 0 Å². The van der Waals surface area contributed by atoms with Gasteiger partial charge in [-0.25, -0.2) is 9.78 Å². The predicted molar refractivity (Wildman–Crippen MR) is 135 cm³/mol. The number of imidazole rings is 1. The van der Waals surface area contributed by atoms with Crippen molar-refractivity contribution >= 4 is 28.6 Å². The number of nitrogens with one attached hydrogen (secondary N) is 1. The average Bonchev–Trinajstić information content (AvgIpc) is 3.08. The summed E-state index contributed by atoms with van der Waals surface area (Å²) in [5, 5.41) is 3.58. The molecule has 1 fully saturated rings. The van der Waals surface area contributed by atoms with Crippen LogP contribution in [0.3, 0.4) is 0 Å². The number of hydrogen-bond acceptors (Lipinski definition) is 4. The van der Waals surface area contributed by atoms with Crippen molar-refractivity contribution in [3.05, 3.63) is 53.6 Å². The van der Waals surface area contributed by atoms with Gasteiger partial charge in [-0.2, -0.15) is 0 Å². The Hall–Kier alpha value is -2.82. The molecule has 1 aliphatic carbocycles. The number of benzene rings is 2. The van der Waals surface area contributed by atoms with Crippen molar-refractivity contribution in [2.75, 3.05) is 12.4 Å². The summed E-state index contributed by atoms with van der Waals surface area (Å²) < 4.78 is 7.28. The van der Waals surface area contributed by atoms with Crippen LogP contribution in [-0.2, 0) is 10.2 Å². The number of nitrogens with zero attached hydrogens (tertiary/aromatic N) is 2. The molecule has 0 spiro atoms. The zero-order valence-corrected chi connectivity index (χ0v) is 21.0. The zero-order valence-electron chi connectivity index (χ0n) is 21.0. The van der Waals surface area contributed by atoms with Crippen molar-refractivity contribution in [1.82, 2.24) is 9.55 Å². The summed E-state index contributed by atoms with van der Waals surface area (Å²) in [5.41, 5.74) is 5.07. The van der Waals surface area contributed by atoms with Crippen molar-refractivity contribution in [2.24, 2.45) is 11.3 Å². The van der Waals surface area contributed by atoms with E-state index in [1.807, 2.05) is 18.2 Å². The Morgan fingerprint density at radius 1 is 1.12 bits per heavy atom. The summed E-state index contributed by atoms with van der Waals surface area (Å²) in [6.07, 6.45) is 3.45. The molecule has 3 aromatic rings. The maximum Gasteiger partial charge on any atom is 0.337 e. The second-order valence-corrected chi connectivity index (χ2v) is 11.5. The molecule has 4 rings (SSSR count). The van der Waals surface area contributed by atoms with Crippen LogP contribution in [0.2, 0.25) is 0 Å². The highest BCUT2D eigenvalue weighted by atomic mass is 16.5. The first-order valence-electron chi connectivity index (χ1n) is 11.9. The van der Waals surface area contributed by atoms with Crippen LogP contribution in [-0.4, -0.2) is 22.6 Å². The maximum atomic E-state index is 12.1. The van der Waals surface area contributed by atoms with E-state index < -0.39 is 0 Å². The quantitative estimate of drug-likeness (QED) is 0.428. The molecule has 1 aromatic heterocycles. The molecule has 5 nitrogen and oxygen atoms in total. The van der Waals surface area contributed by atoms with E-state index in [2.05, 4.69) is 75.7 Å². The average molecular weight is 448 g/mol. The Kier molecular flexibility index (Phi) is 6.02. The molecule has 5 heteroatoms. The first-order chi connectivity index (χ1) is 15.5. The van der Waals surface area contributed by atoms with Crippen molar-refractivity contribution in [3.63, 3.8) is 0 Å². The van der Waals surface area contributed by atoms with Gasteiger partial charge in [0.15, 0.2) is 0 Å². The van der Waals surface area contributed by atoms with Gasteiger partial charge >= 0.3 is 5.97 Å². The number of ether oxygens (including phenoxy) is 1. The van der Waals surface area contributed by atoms with E-state index in [1.165, 1.54) is 19.1 Å². The molecule has 2 atom stereocenters. The Morgan fingerprint density at radius 3 is 2.42 bits per heavy atom. The standard InChI is InChI=1S/C28H37N3O2/c1-18-14-22(17-28(5,6)16-18)31-24-13-8-19(25(32)33-7)15-23(24)30-26(31)29-21-11-9-20(10-12-21)27(2,3)4/h8-13,15,18,22H,14,16-17H2,1-7H3,(H,29,30)/t18-,22+/m1/s1. The highest BCUT2D eigenvalue weighted by Crippen LogP contribution is 2.46. The van der Waals surface area contributed by atoms with E-state index in [9.17, 15) is 4.79 Å². The SMILES string of the molecule is COC(=O)c1ccc2c(c1)nc(Nc1ccc(C(C)(C)C)cc1)n2[C@H]1C[C@@H](C)CC(C)(C)C1. The number of aromatic nitrogens is 2. The fraction of sp³-hybridized carbons (Fsp3) is 0.500. The van der Waals surface area contributed by atoms with E-state index in [0.29, 0.717) is 17.5 Å². The topological polar surface area (TPSA) is 56.1 Å². The summed E-state index contributed by atoms with van der Waals surface area (Å²) in [6, 6.07) is 14.6. The van der Waals surface area contributed by atoms with Gasteiger partial charge in [0, 0.05) is 11.7 Å². The van der Waals surface area contributed by atoms with Crippen LogP contribution < -0.4 is 5.32 Å². The van der Waals surface area contributed by atoms with E-state index in [1.54, 1.807) is 0 Å². The molecule has 1 N–H and O–H groups in total. The third-order valence-electron chi connectivity index (χ3n) is 6.85. The highest BCUT2D eigenvalue weighted by Gasteiger charge is 2.34. The second-order valence-electron chi connectivity index (χ2n) is 11.5. The van der Waals surface area contributed by atoms with Gasteiger partial charge in [0.05, 0.1) is 23.7 Å². The molecule has 0 radical (unpaired) electrons. The first kappa shape index (κ1) is 23.3. The van der Waals surface area contributed by atoms with Crippen molar-refractivity contribution in [1.29, 1.82) is 0 Å². The third-order valence-corrected chi connectivity index (χ3v) is 6.85. The first-order valence-corrected chi connectivity index (χ1v) is 11.9. The van der Waals surface area contributed by atoms with Crippen LogP contribution in [0.1, 0.15) is 82.8 Å². The minimum Gasteiger partial charge on any atom is -0.465 e. The molecule has 0 saturated heterocycles. The summed E-state index contributed by atoms with van der Waals surface area (Å²) in [5.74, 6) is 1.13. The van der Waals surface area contributed by atoms with Gasteiger partial charge in [-0.1, -0.05) is 53.7 Å². The lowest BCUT2D eigenvalue weighted by molar-refractivity contribution is 0.0601. The minimum absolute atomic E-state index is 0.111. The lowest BCUT2D eigenvalue weighted by Crippen LogP contribution is -2.29. The fourth-order valence-corrected chi connectivity index (χ4v) is 5.48.